The van der Waals surface area contributed by atoms with Gasteiger partial charge in [-0.3, -0.25) is 0 Å². The number of hydrogen-bond donors (Lipinski definition) is 0. The zero-order valence-electron chi connectivity index (χ0n) is 8.99. The minimum atomic E-state index is -0.588. The Labute approximate surface area is 98.1 Å². The van der Waals surface area contributed by atoms with Crippen molar-refractivity contribution in [1.29, 1.82) is 0 Å². The quantitative estimate of drug-likeness (QED) is 0.459. The summed E-state index contributed by atoms with van der Waals surface area (Å²) in [6.45, 7) is 5.93. The summed E-state index contributed by atoms with van der Waals surface area (Å²) < 4.78 is 9.68. The normalized spacial score (nSPS) is 9.69. The van der Waals surface area contributed by atoms with Crippen LogP contribution in [-0.2, 0) is 9.47 Å². The van der Waals surface area contributed by atoms with Crippen molar-refractivity contribution in [3.8, 4) is 0 Å². The van der Waals surface area contributed by atoms with E-state index in [1.807, 2.05) is 6.92 Å². The SMILES string of the molecule is C=C(OCC)c1cc(C(=O)OC)nc(Cl)n1. The molecule has 0 spiro atoms. The van der Waals surface area contributed by atoms with Crippen LogP contribution in [-0.4, -0.2) is 29.7 Å². The molecule has 16 heavy (non-hydrogen) atoms. The van der Waals surface area contributed by atoms with Crippen molar-refractivity contribution in [2.24, 2.45) is 0 Å². The molecule has 86 valence electrons. The van der Waals surface area contributed by atoms with E-state index in [0.717, 1.165) is 0 Å². The van der Waals surface area contributed by atoms with Crippen LogP contribution in [0.5, 0.6) is 0 Å². The molecule has 0 radical (unpaired) electrons. The van der Waals surface area contributed by atoms with Gasteiger partial charge in [0.2, 0.25) is 5.28 Å². The maximum absolute atomic E-state index is 11.3. The number of rotatable bonds is 4. The summed E-state index contributed by atoms with van der Waals surface area (Å²) in [5.74, 6) is -0.258. The molecule has 0 atom stereocenters. The molecule has 6 heteroatoms. The van der Waals surface area contributed by atoms with Gasteiger partial charge in [0.25, 0.3) is 0 Å². The molecule has 0 N–H and O–H groups in total. The third-order valence-corrected chi connectivity index (χ3v) is 1.87. The Balaban J connectivity index is 3.07. The fraction of sp³-hybridized carbons (Fsp3) is 0.300. The van der Waals surface area contributed by atoms with Gasteiger partial charge in [0.15, 0.2) is 5.69 Å². The number of halogens is 1. The van der Waals surface area contributed by atoms with Gasteiger partial charge in [0.05, 0.1) is 13.7 Å². The first-order valence-electron chi connectivity index (χ1n) is 4.53. The Kier molecular flexibility index (Phi) is 4.25. The lowest BCUT2D eigenvalue weighted by Crippen LogP contribution is -2.07. The third kappa shape index (κ3) is 2.93. The van der Waals surface area contributed by atoms with E-state index in [1.54, 1.807) is 0 Å². The van der Waals surface area contributed by atoms with Crippen molar-refractivity contribution >= 4 is 23.3 Å². The fourth-order valence-corrected chi connectivity index (χ4v) is 1.20. The smallest absolute Gasteiger partial charge is 0.356 e. The molecule has 0 aliphatic carbocycles. The topological polar surface area (TPSA) is 61.3 Å². The van der Waals surface area contributed by atoms with Gasteiger partial charge in [-0.15, -0.1) is 0 Å². The van der Waals surface area contributed by atoms with Gasteiger partial charge < -0.3 is 9.47 Å². The molecular formula is C10H11ClN2O3. The van der Waals surface area contributed by atoms with Crippen LogP contribution in [0.4, 0.5) is 0 Å². The number of nitrogens with zero attached hydrogens (tertiary/aromatic N) is 2. The summed E-state index contributed by atoms with van der Waals surface area (Å²) in [4.78, 5) is 18.9. The van der Waals surface area contributed by atoms with E-state index in [0.29, 0.717) is 18.1 Å². The number of carbonyl (C=O) groups excluding carboxylic acids is 1. The van der Waals surface area contributed by atoms with Crippen LogP contribution in [0.25, 0.3) is 5.76 Å². The van der Waals surface area contributed by atoms with Gasteiger partial charge in [0.1, 0.15) is 11.5 Å². The fourth-order valence-electron chi connectivity index (χ4n) is 1.02. The van der Waals surface area contributed by atoms with Gasteiger partial charge in [0, 0.05) is 6.07 Å². The second-order valence-electron chi connectivity index (χ2n) is 2.76. The highest BCUT2D eigenvalue weighted by molar-refractivity contribution is 6.28. The van der Waals surface area contributed by atoms with Crippen molar-refractivity contribution in [2.75, 3.05) is 13.7 Å². The Morgan fingerprint density at radius 1 is 1.50 bits per heavy atom. The molecule has 0 aromatic carbocycles. The lowest BCUT2D eigenvalue weighted by atomic mass is 10.3. The molecule has 0 unspecified atom stereocenters. The van der Waals surface area contributed by atoms with E-state index in [9.17, 15) is 4.79 Å². The highest BCUT2D eigenvalue weighted by Gasteiger charge is 2.13. The number of aromatic nitrogens is 2. The molecular weight excluding hydrogens is 232 g/mol. The van der Waals surface area contributed by atoms with Gasteiger partial charge in [-0.25, -0.2) is 14.8 Å². The number of methoxy groups -OCH3 is 1. The van der Waals surface area contributed by atoms with E-state index in [4.69, 9.17) is 16.3 Å². The van der Waals surface area contributed by atoms with Crippen LogP contribution < -0.4 is 0 Å². The lowest BCUT2D eigenvalue weighted by Gasteiger charge is -2.07. The van der Waals surface area contributed by atoms with Crippen molar-refractivity contribution < 1.29 is 14.3 Å². The first-order valence-corrected chi connectivity index (χ1v) is 4.91. The van der Waals surface area contributed by atoms with Crippen LogP contribution in [0.2, 0.25) is 5.28 Å². The maximum Gasteiger partial charge on any atom is 0.356 e. The van der Waals surface area contributed by atoms with E-state index in [-0.39, 0.29) is 11.0 Å². The van der Waals surface area contributed by atoms with Crippen molar-refractivity contribution in [1.82, 2.24) is 9.97 Å². The second-order valence-corrected chi connectivity index (χ2v) is 3.09. The summed E-state index contributed by atoms with van der Waals surface area (Å²) in [5, 5.41) is -0.0567. The zero-order chi connectivity index (χ0) is 12.1. The van der Waals surface area contributed by atoms with Crippen LogP contribution in [0, 0.1) is 0 Å². The summed E-state index contributed by atoms with van der Waals surface area (Å²) >= 11 is 5.67. The maximum atomic E-state index is 11.3. The van der Waals surface area contributed by atoms with Crippen LogP contribution in [0.1, 0.15) is 23.1 Å². The van der Waals surface area contributed by atoms with Crippen LogP contribution >= 0.6 is 11.6 Å². The lowest BCUT2D eigenvalue weighted by molar-refractivity contribution is 0.0593. The summed E-state index contributed by atoms with van der Waals surface area (Å²) in [7, 11) is 1.26. The molecule has 0 bridgehead atoms. The molecule has 0 amide bonds. The summed E-state index contributed by atoms with van der Waals surface area (Å²) in [6, 6.07) is 1.41. The number of carbonyl (C=O) groups is 1. The van der Waals surface area contributed by atoms with Crippen molar-refractivity contribution in [2.45, 2.75) is 6.92 Å². The van der Waals surface area contributed by atoms with Gasteiger partial charge >= 0.3 is 5.97 Å². The highest BCUT2D eigenvalue weighted by Crippen LogP contribution is 2.15. The monoisotopic (exact) mass is 242 g/mol. The molecule has 0 aliphatic heterocycles. The zero-order valence-corrected chi connectivity index (χ0v) is 9.74. The third-order valence-electron chi connectivity index (χ3n) is 1.70. The first kappa shape index (κ1) is 12.4. The molecule has 1 aromatic rings. The Morgan fingerprint density at radius 2 is 2.12 bits per heavy atom. The van der Waals surface area contributed by atoms with Crippen LogP contribution in [0.3, 0.4) is 0 Å². The van der Waals surface area contributed by atoms with E-state index >= 15 is 0 Å². The van der Waals surface area contributed by atoms with E-state index < -0.39 is 5.97 Å². The number of hydrogen-bond acceptors (Lipinski definition) is 5. The minimum Gasteiger partial charge on any atom is -0.492 e. The Bertz CT molecular complexity index is 421. The molecule has 0 saturated heterocycles. The molecule has 1 aromatic heterocycles. The van der Waals surface area contributed by atoms with Crippen LogP contribution in [0.15, 0.2) is 12.6 Å². The molecule has 1 heterocycles. The average Bonchev–Trinajstić information content (AvgIpc) is 2.27. The highest BCUT2D eigenvalue weighted by atomic mass is 35.5. The molecule has 5 nitrogen and oxygen atoms in total. The van der Waals surface area contributed by atoms with E-state index in [2.05, 4.69) is 21.3 Å². The summed E-state index contributed by atoms with van der Waals surface area (Å²) in [5.41, 5.74) is 0.431. The van der Waals surface area contributed by atoms with Crippen molar-refractivity contribution in [3.05, 3.63) is 29.3 Å². The van der Waals surface area contributed by atoms with E-state index in [1.165, 1.54) is 13.2 Å². The standard InChI is InChI=1S/C10H11ClN2O3/c1-4-16-6(2)7-5-8(9(14)15-3)13-10(11)12-7/h5H,2,4H2,1,3H3. The molecule has 0 aliphatic rings. The van der Waals surface area contributed by atoms with Crippen molar-refractivity contribution in [3.63, 3.8) is 0 Å². The van der Waals surface area contributed by atoms with Gasteiger partial charge in [-0.2, -0.15) is 0 Å². The molecule has 0 fully saturated rings. The predicted molar refractivity (Wildman–Crippen MR) is 59.0 cm³/mol. The van der Waals surface area contributed by atoms with Gasteiger partial charge in [-0.05, 0) is 18.5 Å². The Morgan fingerprint density at radius 3 is 2.69 bits per heavy atom. The number of esters is 1. The largest absolute Gasteiger partial charge is 0.492 e. The average molecular weight is 243 g/mol. The predicted octanol–water partition coefficient (Wildman–Crippen LogP) is 1.92. The minimum absolute atomic E-state index is 0.0567. The first-order chi connectivity index (χ1) is 7.58. The second kappa shape index (κ2) is 5.46. The number of ether oxygens (including phenoxy) is 2. The summed E-state index contributed by atoms with van der Waals surface area (Å²) in [6.07, 6.45) is 0. The molecule has 1 rings (SSSR count). The van der Waals surface area contributed by atoms with Gasteiger partial charge in [-0.1, -0.05) is 6.58 Å². The molecule has 0 saturated carbocycles. The Hall–Kier alpha value is -1.62.